The number of carbonyl (C=O) groups excluding carboxylic acids is 2. The first kappa shape index (κ1) is 43.5. The minimum Gasteiger partial charge on any atom is 1.00 e. The molecule has 0 aliphatic carbocycles. The maximum absolute atomic E-state index is 12.2. The van der Waals surface area contributed by atoms with Crippen molar-refractivity contribution in [3.63, 3.8) is 0 Å². The molecule has 242 valence electrons. The van der Waals surface area contributed by atoms with Crippen LogP contribution in [0.5, 0.6) is 5.75 Å². The fraction of sp³-hybridized carbons (Fsp3) is 0.400. The van der Waals surface area contributed by atoms with E-state index in [1.54, 1.807) is 66.2 Å². The smallest absolute Gasteiger partial charge is 1.00 e. The van der Waals surface area contributed by atoms with Crippen molar-refractivity contribution in [3.8, 4) is 5.75 Å². The average molecular weight is 885 g/mol. The third-order valence-electron chi connectivity index (χ3n) is 6.73. The Hall–Kier alpha value is -0.471. The number of ether oxygens (including phenoxy) is 1. The number of aryl methyl sites for hydroxylation is 2. The predicted octanol–water partition coefficient (Wildman–Crippen LogP) is 3.79. The van der Waals surface area contributed by atoms with Crippen LogP contribution >= 0.6 is 59.5 Å². The molecule has 14 heteroatoms. The molecule has 0 atom stereocenters. The maximum atomic E-state index is 12.2. The Morgan fingerprint density at radius 3 is 1.55 bits per heavy atom. The van der Waals surface area contributed by atoms with Gasteiger partial charge in [0, 0.05) is 25.6 Å². The minimum atomic E-state index is -0.776. The second kappa shape index (κ2) is 18.8. The molecule has 0 aromatic heterocycles. The van der Waals surface area contributed by atoms with Crippen molar-refractivity contribution < 1.29 is 72.0 Å². The van der Waals surface area contributed by atoms with E-state index in [1.165, 1.54) is 7.11 Å². The third-order valence-corrected chi connectivity index (χ3v) is 7.79. The van der Waals surface area contributed by atoms with Crippen LogP contribution in [0.25, 0.3) is 11.1 Å². The summed E-state index contributed by atoms with van der Waals surface area (Å²) in [6.07, 6.45) is 1.40. The first-order valence-corrected chi connectivity index (χ1v) is 17.6. The van der Waals surface area contributed by atoms with E-state index in [-0.39, 0.29) is 58.5 Å². The van der Waals surface area contributed by atoms with Crippen molar-refractivity contribution in [1.82, 2.24) is 10.6 Å². The number of hydrogen-bond acceptors (Lipinski definition) is 6. The normalized spacial score (nSPS) is 15.9. The van der Waals surface area contributed by atoms with Gasteiger partial charge in [0.1, 0.15) is 17.3 Å². The number of aliphatic hydroxyl groups excluding tert-OH is 2. The predicted molar refractivity (Wildman–Crippen MR) is 179 cm³/mol. The van der Waals surface area contributed by atoms with Crippen LogP contribution in [0.15, 0.2) is 40.3 Å². The van der Waals surface area contributed by atoms with Gasteiger partial charge in [-0.25, -0.2) is 0 Å². The Morgan fingerprint density at radius 1 is 0.841 bits per heavy atom. The summed E-state index contributed by atoms with van der Waals surface area (Å²) in [6.45, 7) is 11.0. The molecule has 2 aromatic rings. The van der Waals surface area contributed by atoms with Gasteiger partial charge in [-0.1, -0.05) is 53.0 Å². The average Bonchev–Trinajstić information content (AvgIpc) is 3.29. The summed E-state index contributed by atoms with van der Waals surface area (Å²) in [5.41, 5.74) is 2.19. The van der Waals surface area contributed by atoms with Crippen molar-refractivity contribution in [2.75, 3.05) is 14.2 Å². The first-order chi connectivity index (χ1) is 20.1. The Labute approximate surface area is 319 Å². The van der Waals surface area contributed by atoms with Crippen molar-refractivity contribution in [2.45, 2.75) is 65.5 Å². The number of benzene rings is 2. The van der Waals surface area contributed by atoms with E-state index < -0.39 is 11.1 Å². The zero-order valence-electron chi connectivity index (χ0n) is 26.1. The molecule has 44 heavy (non-hydrogen) atoms. The van der Waals surface area contributed by atoms with E-state index in [4.69, 9.17) is 33.0 Å². The zero-order chi connectivity index (χ0) is 33.4. The summed E-state index contributed by atoms with van der Waals surface area (Å²) in [6, 6.07) is 6.99. The van der Waals surface area contributed by atoms with Crippen molar-refractivity contribution in [2.24, 2.45) is 0 Å². The summed E-state index contributed by atoms with van der Waals surface area (Å²) in [5.74, 6) is 0.0137. The van der Waals surface area contributed by atoms with Gasteiger partial charge in [0.2, 0.25) is 0 Å². The quantitative estimate of drug-likeness (QED) is 0.268. The number of methoxy groups -OCH3 is 1. The fourth-order valence-corrected chi connectivity index (χ4v) is 5.96. The van der Waals surface area contributed by atoms with Crippen LogP contribution in [0.4, 0.5) is 0 Å². The van der Waals surface area contributed by atoms with Crippen molar-refractivity contribution in [1.29, 1.82) is 0 Å². The molecule has 0 radical (unpaired) electrons. The Bertz CT molecular complexity index is 1410. The topological polar surface area (TPSA) is 131 Å². The molecule has 2 aliphatic rings. The van der Waals surface area contributed by atoms with Crippen LogP contribution in [0.3, 0.4) is 0 Å². The SMILES string of the molecule is CCc1cc(Cl)cc(Br)c1C1=C(O)C(C)(C)NC1=O.CCc1cc(Cl)cc(OC)c1C1=C(O)C(C)(C)NC1=O.C[O-].[Cu][I].[Na+]. The number of hydrogen-bond donors (Lipinski definition) is 4. The summed E-state index contributed by atoms with van der Waals surface area (Å²) >= 11 is 21.4. The number of halogens is 4. The third kappa shape index (κ3) is 9.78. The Kier molecular flexibility index (Phi) is 18.6. The van der Waals surface area contributed by atoms with E-state index >= 15 is 0 Å². The first-order valence-electron chi connectivity index (χ1n) is 13.0. The monoisotopic (exact) mass is 882 g/mol. The summed E-state index contributed by atoms with van der Waals surface area (Å²) in [7, 11) is 2.27. The largest absolute Gasteiger partial charge is 1.00 e. The van der Waals surface area contributed by atoms with Crippen molar-refractivity contribution in [3.05, 3.63) is 72.6 Å². The molecule has 2 amide bonds. The molecule has 4 rings (SSSR count). The molecule has 0 fully saturated rings. The summed E-state index contributed by atoms with van der Waals surface area (Å²) in [4.78, 5) is 24.3. The van der Waals surface area contributed by atoms with Gasteiger partial charge in [0.05, 0.1) is 29.3 Å². The van der Waals surface area contributed by atoms with Gasteiger partial charge in [0.25, 0.3) is 11.8 Å². The van der Waals surface area contributed by atoms with E-state index in [2.05, 4.69) is 39.3 Å². The van der Waals surface area contributed by atoms with E-state index in [0.29, 0.717) is 43.4 Å². The molecular formula is C30H36BrCl2CuIN2NaO6. The molecule has 2 heterocycles. The van der Waals surface area contributed by atoms with Crippen LogP contribution in [-0.4, -0.2) is 47.3 Å². The maximum Gasteiger partial charge on any atom is 1.00 e. The standard InChI is InChI=1S/C15H18ClNO3.C14H15BrClNO2.CH3O.Cu.HI.Na/c1-5-8-6-9(16)7-10(20-4)11(8)12-13(18)15(2,3)17-14(12)19;1-4-7-5-8(16)6-9(15)10(7)11-12(18)14(2,3)17-13(11)19;1-2;;;/h6-7,18H,5H2,1-4H3,(H,17,19);5-6,18H,4H2,1-3H3,(H,17,19);1H3;;1H;/q;;-1;+1;;+1/p-1. The molecule has 0 unspecified atom stereocenters. The van der Waals surface area contributed by atoms with Gasteiger partial charge < -0.3 is 30.7 Å². The molecule has 2 aromatic carbocycles. The number of amides is 2. The van der Waals surface area contributed by atoms with Crippen LogP contribution in [-0.2, 0) is 35.2 Å². The molecule has 0 bridgehead atoms. The molecule has 4 N–H and O–H groups in total. The number of rotatable bonds is 5. The molecule has 0 saturated carbocycles. The van der Waals surface area contributed by atoms with Gasteiger partial charge in [-0.05, 0) is 75.9 Å². The van der Waals surface area contributed by atoms with Gasteiger partial charge in [-0.15, -0.1) is 0 Å². The van der Waals surface area contributed by atoms with Crippen molar-refractivity contribution >= 4 is 82.4 Å². The van der Waals surface area contributed by atoms with E-state index in [0.717, 1.165) is 24.7 Å². The molecule has 8 nitrogen and oxygen atoms in total. The summed E-state index contributed by atoms with van der Waals surface area (Å²) < 4.78 is 6.05. The molecule has 0 saturated heterocycles. The van der Waals surface area contributed by atoms with Gasteiger partial charge in [0.15, 0.2) is 0 Å². The van der Waals surface area contributed by atoms with Crippen LogP contribution < -0.4 is 50.0 Å². The number of nitrogens with one attached hydrogen (secondary N) is 2. The van der Waals surface area contributed by atoms with Crippen LogP contribution in [0, 0.1) is 0 Å². The van der Waals surface area contributed by atoms with E-state index in [1.807, 2.05) is 19.9 Å². The number of aliphatic hydroxyl groups is 2. The molecular weight excluding hydrogens is 849 g/mol. The fourth-order valence-electron chi connectivity index (χ4n) is 4.66. The molecule has 2 aliphatic heterocycles. The molecule has 0 spiro atoms. The minimum absolute atomic E-state index is 0. The van der Waals surface area contributed by atoms with E-state index in [9.17, 15) is 19.8 Å². The Morgan fingerprint density at radius 2 is 1.20 bits per heavy atom. The van der Waals surface area contributed by atoms with Gasteiger partial charge >= 0.3 is 62.7 Å². The van der Waals surface area contributed by atoms with Gasteiger partial charge in [-0.3, -0.25) is 9.59 Å². The summed E-state index contributed by atoms with van der Waals surface area (Å²) in [5, 5.41) is 35.6. The van der Waals surface area contributed by atoms with Crippen LogP contribution in [0.2, 0.25) is 10.0 Å². The zero-order valence-corrected chi connectivity index (χ0v) is 34.3. The second-order valence-electron chi connectivity index (χ2n) is 10.4. The van der Waals surface area contributed by atoms with Gasteiger partial charge in [-0.2, -0.15) is 7.11 Å². The second-order valence-corrected chi connectivity index (χ2v) is 12.1. The Balaban J connectivity index is 0.000000741. The number of carbonyl (C=O) groups is 2. The van der Waals surface area contributed by atoms with Crippen LogP contribution in [0.1, 0.15) is 63.8 Å².